The molecule has 5 heteroatoms. The van der Waals surface area contributed by atoms with Crippen molar-refractivity contribution in [1.29, 1.82) is 0 Å². The zero-order valence-corrected chi connectivity index (χ0v) is 14.7. The first-order valence-electron chi connectivity index (χ1n) is 8.74. The summed E-state index contributed by atoms with van der Waals surface area (Å²) in [6, 6.07) is 10.9. The van der Waals surface area contributed by atoms with Gasteiger partial charge in [0.2, 0.25) is 0 Å². The van der Waals surface area contributed by atoms with E-state index in [1.54, 1.807) is 0 Å². The van der Waals surface area contributed by atoms with Gasteiger partial charge in [-0.3, -0.25) is 9.88 Å². The first-order valence-corrected chi connectivity index (χ1v) is 9.62. The van der Waals surface area contributed by atoms with E-state index in [0.29, 0.717) is 24.7 Å². The number of nitrogens with zero attached hydrogens (tertiary/aromatic N) is 2. The summed E-state index contributed by atoms with van der Waals surface area (Å²) >= 11 is 1.85. The molecule has 0 aromatic carbocycles. The standard InChI is InChI=1S/C19H24N2O2S/c1-2-6-20-16(4-1)14-22-13-15-10-18-19(11-15)23-8-7-21(18)12-17-5-3-9-24-17/h1-6,9,15,18-19H,7-8,10-14H2/t15-,18+,19-/m0/s1. The van der Waals surface area contributed by atoms with E-state index in [2.05, 4.69) is 27.4 Å². The van der Waals surface area contributed by atoms with Gasteiger partial charge in [0.05, 0.1) is 31.6 Å². The summed E-state index contributed by atoms with van der Waals surface area (Å²) in [7, 11) is 0. The zero-order valence-electron chi connectivity index (χ0n) is 13.8. The molecule has 2 aromatic heterocycles. The van der Waals surface area contributed by atoms with Crippen LogP contribution >= 0.6 is 11.3 Å². The molecule has 3 heterocycles. The maximum absolute atomic E-state index is 6.04. The molecule has 128 valence electrons. The number of fused-ring (bicyclic) bond motifs is 1. The highest BCUT2D eigenvalue weighted by Gasteiger charge is 2.40. The summed E-state index contributed by atoms with van der Waals surface area (Å²) in [5.74, 6) is 0.590. The Morgan fingerprint density at radius 3 is 3.08 bits per heavy atom. The minimum atomic E-state index is 0.377. The Balaban J connectivity index is 1.29. The summed E-state index contributed by atoms with van der Waals surface area (Å²) < 4.78 is 12.0. The van der Waals surface area contributed by atoms with E-state index in [0.717, 1.165) is 38.4 Å². The van der Waals surface area contributed by atoms with Crippen molar-refractivity contribution in [2.45, 2.75) is 38.1 Å². The smallest absolute Gasteiger partial charge is 0.0887 e. The topological polar surface area (TPSA) is 34.6 Å². The number of aromatic nitrogens is 1. The van der Waals surface area contributed by atoms with Crippen molar-refractivity contribution in [2.75, 3.05) is 19.8 Å². The highest BCUT2D eigenvalue weighted by atomic mass is 32.1. The van der Waals surface area contributed by atoms with Crippen LogP contribution in [0.4, 0.5) is 0 Å². The molecule has 1 aliphatic heterocycles. The Labute approximate surface area is 147 Å². The molecule has 0 amide bonds. The Morgan fingerprint density at radius 2 is 2.25 bits per heavy atom. The van der Waals surface area contributed by atoms with Crippen LogP contribution in [-0.2, 0) is 22.6 Å². The maximum Gasteiger partial charge on any atom is 0.0887 e. The largest absolute Gasteiger partial charge is 0.375 e. The van der Waals surface area contributed by atoms with E-state index >= 15 is 0 Å². The van der Waals surface area contributed by atoms with E-state index in [1.165, 1.54) is 11.3 Å². The summed E-state index contributed by atoms with van der Waals surface area (Å²) in [4.78, 5) is 8.37. The first-order chi connectivity index (χ1) is 11.9. The highest BCUT2D eigenvalue weighted by molar-refractivity contribution is 7.09. The van der Waals surface area contributed by atoms with Crippen LogP contribution in [-0.4, -0.2) is 41.8 Å². The van der Waals surface area contributed by atoms with Crippen LogP contribution < -0.4 is 0 Å². The van der Waals surface area contributed by atoms with Crippen LogP contribution in [0.1, 0.15) is 23.4 Å². The molecular weight excluding hydrogens is 320 g/mol. The van der Waals surface area contributed by atoms with Crippen molar-refractivity contribution in [1.82, 2.24) is 9.88 Å². The van der Waals surface area contributed by atoms with Crippen LogP contribution in [0.2, 0.25) is 0 Å². The number of ether oxygens (including phenoxy) is 2. The maximum atomic E-state index is 6.04. The SMILES string of the molecule is c1ccc(COC[C@@H]2C[C@@H]3OCCN(Cc4cccs4)[C@@H]3C2)nc1. The van der Waals surface area contributed by atoms with Crippen molar-refractivity contribution < 1.29 is 9.47 Å². The summed E-state index contributed by atoms with van der Waals surface area (Å²) in [6.45, 7) is 4.37. The minimum Gasteiger partial charge on any atom is -0.375 e. The summed E-state index contributed by atoms with van der Waals surface area (Å²) in [5.41, 5.74) is 1.00. The van der Waals surface area contributed by atoms with Gasteiger partial charge in [0.25, 0.3) is 0 Å². The van der Waals surface area contributed by atoms with E-state index in [9.17, 15) is 0 Å². The molecule has 1 saturated carbocycles. The number of thiophene rings is 1. The fraction of sp³-hybridized carbons (Fsp3) is 0.526. The molecule has 2 fully saturated rings. The van der Waals surface area contributed by atoms with Gasteiger partial charge in [-0.1, -0.05) is 12.1 Å². The molecule has 4 rings (SSSR count). The summed E-state index contributed by atoms with van der Waals surface area (Å²) in [5, 5.41) is 2.16. The predicted molar refractivity (Wildman–Crippen MR) is 94.9 cm³/mol. The fourth-order valence-electron chi connectivity index (χ4n) is 3.87. The fourth-order valence-corrected chi connectivity index (χ4v) is 4.60. The van der Waals surface area contributed by atoms with Crippen molar-refractivity contribution in [3.63, 3.8) is 0 Å². The van der Waals surface area contributed by atoms with Gasteiger partial charge in [0.15, 0.2) is 0 Å². The van der Waals surface area contributed by atoms with Crippen molar-refractivity contribution in [2.24, 2.45) is 5.92 Å². The molecule has 0 unspecified atom stereocenters. The molecule has 0 spiro atoms. The number of rotatable bonds is 6. The lowest BCUT2D eigenvalue weighted by Gasteiger charge is -2.37. The third-order valence-electron chi connectivity index (χ3n) is 5.02. The Hall–Kier alpha value is -1.27. The van der Waals surface area contributed by atoms with Gasteiger partial charge in [-0.2, -0.15) is 0 Å². The van der Waals surface area contributed by atoms with Crippen molar-refractivity contribution in [3.05, 3.63) is 52.5 Å². The molecule has 4 nitrogen and oxygen atoms in total. The average Bonchev–Trinajstić information content (AvgIpc) is 3.26. The summed E-state index contributed by atoms with van der Waals surface area (Å²) in [6.07, 6.45) is 4.49. The molecule has 0 bridgehead atoms. The Kier molecular flexibility index (Phi) is 5.23. The van der Waals surface area contributed by atoms with Gasteiger partial charge in [-0.05, 0) is 42.3 Å². The third kappa shape index (κ3) is 3.86. The molecule has 3 atom stereocenters. The second kappa shape index (κ2) is 7.74. The van der Waals surface area contributed by atoms with Crippen LogP contribution in [0.5, 0.6) is 0 Å². The lowest BCUT2D eigenvalue weighted by molar-refractivity contribution is -0.0588. The highest BCUT2D eigenvalue weighted by Crippen LogP contribution is 2.35. The molecular formula is C19H24N2O2S. The molecule has 1 aliphatic carbocycles. The van der Waals surface area contributed by atoms with Gasteiger partial charge in [0.1, 0.15) is 0 Å². The molecule has 2 aliphatic rings. The van der Waals surface area contributed by atoms with Gasteiger partial charge in [0, 0.05) is 30.2 Å². The van der Waals surface area contributed by atoms with E-state index in [4.69, 9.17) is 9.47 Å². The third-order valence-corrected chi connectivity index (χ3v) is 5.88. The number of morpholine rings is 1. The normalized spacial score (nSPS) is 27.2. The number of pyridine rings is 1. The van der Waals surface area contributed by atoms with Crippen molar-refractivity contribution in [3.8, 4) is 0 Å². The zero-order chi connectivity index (χ0) is 16.2. The van der Waals surface area contributed by atoms with Crippen LogP contribution in [0, 0.1) is 5.92 Å². The second-order valence-electron chi connectivity index (χ2n) is 6.70. The van der Waals surface area contributed by atoms with Crippen molar-refractivity contribution >= 4 is 11.3 Å². The minimum absolute atomic E-state index is 0.377. The quantitative estimate of drug-likeness (QED) is 0.805. The monoisotopic (exact) mass is 344 g/mol. The van der Waals surface area contributed by atoms with E-state index in [-0.39, 0.29) is 0 Å². The Morgan fingerprint density at radius 1 is 1.25 bits per heavy atom. The van der Waals surface area contributed by atoms with E-state index in [1.807, 2.05) is 35.7 Å². The molecule has 0 radical (unpaired) electrons. The van der Waals surface area contributed by atoms with E-state index < -0.39 is 0 Å². The van der Waals surface area contributed by atoms with Gasteiger partial charge < -0.3 is 9.47 Å². The predicted octanol–water partition coefficient (Wildman–Crippen LogP) is 3.34. The lowest BCUT2D eigenvalue weighted by atomic mass is 10.1. The second-order valence-corrected chi connectivity index (χ2v) is 7.73. The molecule has 2 aromatic rings. The lowest BCUT2D eigenvalue weighted by Crippen LogP contribution is -2.47. The van der Waals surface area contributed by atoms with Crippen LogP contribution in [0.3, 0.4) is 0 Å². The van der Waals surface area contributed by atoms with Gasteiger partial charge >= 0.3 is 0 Å². The molecule has 1 saturated heterocycles. The number of hydrogen-bond donors (Lipinski definition) is 0. The molecule has 24 heavy (non-hydrogen) atoms. The first kappa shape index (κ1) is 16.2. The van der Waals surface area contributed by atoms with Gasteiger partial charge in [-0.25, -0.2) is 0 Å². The van der Waals surface area contributed by atoms with Crippen LogP contribution in [0.15, 0.2) is 41.9 Å². The number of hydrogen-bond acceptors (Lipinski definition) is 5. The van der Waals surface area contributed by atoms with Gasteiger partial charge in [-0.15, -0.1) is 11.3 Å². The molecule has 0 N–H and O–H groups in total. The average molecular weight is 344 g/mol. The Bertz CT molecular complexity index is 620. The van der Waals surface area contributed by atoms with Crippen LogP contribution in [0.25, 0.3) is 0 Å².